The van der Waals surface area contributed by atoms with Gasteiger partial charge < -0.3 is 14.8 Å². The van der Waals surface area contributed by atoms with Crippen molar-refractivity contribution in [2.45, 2.75) is 46.3 Å². The number of benzene rings is 2. The summed E-state index contributed by atoms with van der Waals surface area (Å²) in [6.45, 7) is 8.33. The summed E-state index contributed by atoms with van der Waals surface area (Å²) in [5, 5.41) is 2.80. The molecule has 7 heteroatoms. The smallest absolute Gasteiger partial charge is 0.344 e. The molecule has 3 rings (SSSR count). The van der Waals surface area contributed by atoms with Crippen molar-refractivity contribution < 1.29 is 23.9 Å². The quantitative estimate of drug-likeness (QED) is 0.764. The number of carbonyl (C=O) groups excluding carboxylic acids is 3. The van der Waals surface area contributed by atoms with Crippen LogP contribution < -0.4 is 15.0 Å². The Morgan fingerprint density at radius 1 is 1.10 bits per heavy atom. The third-order valence-corrected chi connectivity index (χ3v) is 5.28. The first-order valence-electron chi connectivity index (χ1n) is 9.76. The second kappa shape index (κ2) is 8.18. The minimum atomic E-state index is -1.14. The molecule has 0 aliphatic carbocycles. The average Bonchev–Trinajstić information content (AvgIpc) is 2.69. The van der Waals surface area contributed by atoms with E-state index >= 15 is 0 Å². The predicted octanol–water partition coefficient (Wildman–Crippen LogP) is 3.38. The maximum absolute atomic E-state index is 13.2. The lowest BCUT2D eigenvalue weighted by molar-refractivity contribution is -0.156. The van der Waals surface area contributed by atoms with Crippen LogP contribution in [0, 0.1) is 13.8 Å². The number of hydrogen-bond acceptors (Lipinski definition) is 5. The van der Waals surface area contributed by atoms with Crippen molar-refractivity contribution in [1.82, 2.24) is 0 Å². The second-order valence-corrected chi connectivity index (χ2v) is 7.82. The van der Waals surface area contributed by atoms with Gasteiger partial charge in [-0.25, -0.2) is 4.79 Å². The Morgan fingerprint density at radius 2 is 1.80 bits per heavy atom. The van der Waals surface area contributed by atoms with Crippen molar-refractivity contribution >= 4 is 29.2 Å². The highest BCUT2D eigenvalue weighted by atomic mass is 16.6. The van der Waals surface area contributed by atoms with Gasteiger partial charge in [-0.2, -0.15) is 0 Å². The van der Waals surface area contributed by atoms with Gasteiger partial charge in [0.2, 0.25) is 5.91 Å². The van der Waals surface area contributed by atoms with E-state index in [-0.39, 0.29) is 12.5 Å². The van der Waals surface area contributed by atoms with Gasteiger partial charge in [-0.15, -0.1) is 0 Å². The van der Waals surface area contributed by atoms with Gasteiger partial charge in [0.05, 0.1) is 11.4 Å². The molecule has 0 radical (unpaired) electrons. The molecule has 0 saturated carbocycles. The second-order valence-electron chi connectivity index (χ2n) is 7.82. The van der Waals surface area contributed by atoms with E-state index in [0.717, 1.165) is 11.1 Å². The van der Waals surface area contributed by atoms with E-state index in [1.807, 2.05) is 26.0 Å². The molecule has 7 nitrogen and oxygen atoms in total. The zero-order valence-corrected chi connectivity index (χ0v) is 17.8. The fourth-order valence-electron chi connectivity index (χ4n) is 3.33. The number of hydrogen-bond donors (Lipinski definition) is 1. The number of amides is 2. The van der Waals surface area contributed by atoms with Gasteiger partial charge in [0, 0.05) is 0 Å². The standard InChI is InChI=1S/C23H26N2O5/c1-14-9-8-12-19(15(14)2)29-13-20(26)30-16(3)21(27)25-18-11-7-6-10-17(18)24-22(28)23(25,4)5/h6-12,16H,13H2,1-5H3,(H,24,28)/t16-/m0/s1. The van der Waals surface area contributed by atoms with Crippen LogP contribution >= 0.6 is 0 Å². The predicted molar refractivity (Wildman–Crippen MR) is 114 cm³/mol. The molecular weight excluding hydrogens is 384 g/mol. The van der Waals surface area contributed by atoms with Crippen LogP contribution in [0.4, 0.5) is 11.4 Å². The van der Waals surface area contributed by atoms with Crippen LogP contribution in [0.25, 0.3) is 0 Å². The first kappa shape index (κ1) is 21.4. The van der Waals surface area contributed by atoms with Crippen LogP contribution in [0.3, 0.4) is 0 Å². The van der Waals surface area contributed by atoms with Gasteiger partial charge >= 0.3 is 5.97 Å². The SMILES string of the molecule is Cc1cccc(OCC(=O)O[C@@H](C)C(=O)N2c3ccccc3NC(=O)C2(C)C)c1C. The molecule has 2 aromatic rings. The van der Waals surface area contributed by atoms with Gasteiger partial charge in [0.25, 0.3) is 5.91 Å². The van der Waals surface area contributed by atoms with Crippen LogP contribution in [0.2, 0.25) is 0 Å². The molecule has 1 aliphatic rings. The highest BCUT2D eigenvalue weighted by Gasteiger charge is 2.45. The molecule has 0 aromatic heterocycles. The Kier molecular flexibility index (Phi) is 5.82. The molecule has 0 bridgehead atoms. The van der Waals surface area contributed by atoms with Crippen LogP contribution in [-0.2, 0) is 19.1 Å². The van der Waals surface area contributed by atoms with Crippen molar-refractivity contribution in [2.75, 3.05) is 16.8 Å². The molecule has 1 atom stereocenters. The van der Waals surface area contributed by atoms with E-state index in [0.29, 0.717) is 17.1 Å². The van der Waals surface area contributed by atoms with Crippen molar-refractivity contribution in [3.63, 3.8) is 0 Å². The average molecular weight is 410 g/mol. The minimum Gasteiger partial charge on any atom is -0.482 e. The number of para-hydroxylation sites is 2. The molecule has 158 valence electrons. The van der Waals surface area contributed by atoms with E-state index in [2.05, 4.69) is 5.32 Å². The van der Waals surface area contributed by atoms with E-state index < -0.39 is 23.5 Å². The molecule has 1 aliphatic heterocycles. The van der Waals surface area contributed by atoms with Crippen LogP contribution in [0.15, 0.2) is 42.5 Å². The molecule has 0 saturated heterocycles. The van der Waals surface area contributed by atoms with Crippen LogP contribution in [-0.4, -0.2) is 36.0 Å². The number of anilines is 2. The van der Waals surface area contributed by atoms with Crippen molar-refractivity contribution in [2.24, 2.45) is 0 Å². The Bertz CT molecular complexity index is 999. The summed E-state index contributed by atoms with van der Waals surface area (Å²) < 4.78 is 10.9. The molecule has 0 unspecified atom stereocenters. The molecule has 30 heavy (non-hydrogen) atoms. The monoisotopic (exact) mass is 410 g/mol. The Labute approximate surface area is 176 Å². The zero-order valence-electron chi connectivity index (χ0n) is 17.8. The third kappa shape index (κ3) is 4.01. The fourth-order valence-corrected chi connectivity index (χ4v) is 3.33. The van der Waals surface area contributed by atoms with E-state index in [4.69, 9.17) is 9.47 Å². The maximum atomic E-state index is 13.2. The van der Waals surface area contributed by atoms with E-state index in [1.54, 1.807) is 44.2 Å². The minimum absolute atomic E-state index is 0.314. The molecule has 0 fully saturated rings. The lowest BCUT2D eigenvalue weighted by Crippen LogP contribution is -2.60. The number of carbonyl (C=O) groups is 3. The topological polar surface area (TPSA) is 84.9 Å². The van der Waals surface area contributed by atoms with Crippen molar-refractivity contribution in [1.29, 1.82) is 0 Å². The summed E-state index contributed by atoms with van der Waals surface area (Å²) in [4.78, 5) is 39.3. The summed E-state index contributed by atoms with van der Waals surface area (Å²) in [6.07, 6.45) is -1.09. The van der Waals surface area contributed by atoms with E-state index in [9.17, 15) is 14.4 Å². The van der Waals surface area contributed by atoms with Crippen LogP contribution in [0.5, 0.6) is 5.75 Å². The van der Waals surface area contributed by atoms with Crippen molar-refractivity contribution in [3.8, 4) is 5.75 Å². The van der Waals surface area contributed by atoms with Gasteiger partial charge in [0.15, 0.2) is 12.7 Å². The number of fused-ring (bicyclic) bond motifs is 1. The van der Waals surface area contributed by atoms with Gasteiger partial charge in [-0.05, 0) is 63.9 Å². The highest BCUT2D eigenvalue weighted by molar-refractivity contribution is 6.15. The molecule has 2 aromatic carbocycles. The molecule has 1 heterocycles. The first-order valence-corrected chi connectivity index (χ1v) is 9.76. The number of esters is 1. The highest BCUT2D eigenvalue weighted by Crippen LogP contribution is 2.37. The Hall–Kier alpha value is -3.35. The summed E-state index contributed by atoms with van der Waals surface area (Å²) in [7, 11) is 0. The summed E-state index contributed by atoms with van der Waals surface area (Å²) in [6, 6.07) is 12.6. The number of rotatable bonds is 5. The normalized spacial score (nSPS) is 15.6. The lowest BCUT2D eigenvalue weighted by atomic mass is 9.95. The third-order valence-electron chi connectivity index (χ3n) is 5.28. The maximum Gasteiger partial charge on any atom is 0.344 e. The Morgan fingerprint density at radius 3 is 2.53 bits per heavy atom. The number of ether oxygens (including phenoxy) is 2. The number of nitrogens with zero attached hydrogens (tertiary/aromatic N) is 1. The summed E-state index contributed by atoms with van der Waals surface area (Å²) in [5.41, 5.74) is 1.94. The molecular formula is C23H26N2O5. The van der Waals surface area contributed by atoms with Gasteiger partial charge in [-0.1, -0.05) is 24.3 Å². The van der Waals surface area contributed by atoms with E-state index in [1.165, 1.54) is 11.8 Å². The largest absolute Gasteiger partial charge is 0.482 e. The lowest BCUT2D eigenvalue weighted by Gasteiger charge is -2.42. The zero-order chi connectivity index (χ0) is 22.1. The van der Waals surface area contributed by atoms with Gasteiger partial charge in [0.1, 0.15) is 11.3 Å². The number of aryl methyl sites for hydroxylation is 1. The molecule has 1 N–H and O–H groups in total. The molecule has 0 spiro atoms. The van der Waals surface area contributed by atoms with Crippen LogP contribution in [0.1, 0.15) is 31.9 Å². The number of nitrogens with one attached hydrogen (secondary N) is 1. The van der Waals surface area contributed by atoms with Gasteiger partial charge in [-0.3, -0.25) is 14.5 Å². The Balaban J connectivity index is 1.71. The summed E-state index contributed by atoms with van der Waals surface area (Å²) in [5.74, 6) is -0.869. The molecule has 2 amide bonds. The van der Waals surface area contributed by atoms with Crippen molar-refractivity contribution in [3.05, 3.63) is 53.6 Å². The fraction of sp³-hybridized carbons (Fsp3) is 0.348. The first-order chi connectivity index (χ1) is 14.1. The summed E-state index contributed by atoms with van der Waals surface area (Å²) >= 11 is 0.